The van der Waals surface area contributed by atoms with E-state index in [-0.39, 0.29) is 5.54 Å². The lowest BCUT2D eigenvalue weighted by Gasteiger charge is -2.28. The highest BCUT2D eigenvalue weighted by Gasteiger charge is 2.33. The van der Waals surface area contributed by atoms with Crippen LogP contribution >= 0.6 is 0 Å². The zero-order valence-electron chi connectivity index (χ0n) is 9.70. The second kappa shape index (κ2) is 4.85. The summed E-state index contributed by atoms with van der Waals surface area (Å²) in [7, 11) is 1.75. The topological polar surface area (TPSA) is 41.5 Å². The Balaban J connectivity index is 2.08. The Morgan fingerprint density at radius 1 is 1.38 bits per heavy atom. The molecule has 88 valence electrons. The minimum Gasteiger partial charge on any atom is -0.508 e. The van der Waals surface area contributed by atoms with E-state index in [9.17, 15) is 5.11 Å². The molecule has 3 heteroatoms. The Labute approximate surface area is 96.4 Å². The van der Waals surface area contributed by atoms with Gasteiger partial charge in [-0.2, -0.15) is 0 Å². The normalized spacial score (nSPS) is 24.8. The van der Waals surface area contributed by atoms with Crippen LogP contribution in [0.2, 0.25) is 0 Å². The van der Waals surface area contributed by atoms with Crippen LogP contribution in [-0.2, 0) is 11.2 Å². The molecule has 2 N–H and O–H groups in total. The second-order valence-corrected chi connectivity index (χ2v) is 4.59. The summed E-state index contributed by atoms with van der Waals surface area (Å²) < 4.78 is 5.31. The predicted octanol–water partition coefficient (Wildman–Crippen LogP) is 1.70. The zero-order chi connectivity index (χ0) is 11.4. The summed E-state index contributed by atoms with van der Waals surface area (Å²) >= 11 is 0. The molecule has 16 heavy (non-hydrogen) atoms. The Hall–Kier alpha value is -1.06. The van der Waals surface area contributed by atoms with Crippen molar-refractivity contribution in [1.82, 2.24) is 5.32 Å². The fourth-order valence-corrected chi connectivity index (χ4v) is 2.47. The number of phenolic OH excluding ortho intramolecular Hbond substituents is 1. The van der Waals surface area contributed by atoms with E-state index in [1.165, 1.54) is 12.0 Å². The van der Waals surface area contributed by atoms with Gasteiger partial charge >= 0.3 is 0 Å². The lowest BCUT2D eigenvalue weighted by atomic mass is 9.90. The van der Waals surface area contributed by atoms with Gasteiger partial charge in [0.05, 0.1) is 6.61 Å². The number of phenols is 1. The Kier molecular flexibility index (Phi) is 3.46. The van der Waals surface area contributed by atoms with E-state index >= 15 is 0 Å². The first-order valence-electron chi connectivity index (χ1n) is 5.76. The van der Waals surface area contributed by atoms with Crippen LogP contribution in [0.25, 0.3) is 0 Å². The molecule has 1 aliphatic rings. The van der Waals surface area contributed by atoms with E-state index in [0.29, 0.717) is 5.75 Å². The molecule has 1 unspecified atom stereocenters. The van der Waals surface area contributed by atoms with E-state index in [0.717, 1.165) is 26.0 Å². The van der Waals surface area contributed by atoms with Crippen LogP contribution in [0.1, 0.15) is 18.4 Å². The van der Waals surface area contributed by atoms with Crippen molar-refractivity contribution in [3.05, 3.63) is 29.8 Å². The Morgan fingerprint density at radius 2 is 2.12 bits per heavy atom. The minimum atomic E-state index is 0.0890. The first kappa shape index (κ1) is 11.4. The second-order valence-electron chi connectivity index (χ2n) is 4.59. The first-order chi connectivity index (χ1) is 7.74. The molecule has 1 atom stereocenters. The van der Waals surface area contributed by atoms with E-state index in [2.05, 4.69) is 5.32 Å². The third-order valence-electron chi connectivity index (χ3n) is 3.23. The average Bonchev–Trinajstić information content (AvgIpc) is 2.71. The van der Waals surface area contributed by atoms with E-state index in [1.807, 2.05) is 12.1 Å². The van der Waals surface area contributed by atoms with Crippen LogP contribution in [0.3, 0.4) is 0 Å². The summed E-state index contributed by atoms with van der Waals surface area (Å²) in [4.78, 5) is 0. The van der Waals surface area contributed by atoms with Crippen molar-refractivity contribution in [2.75, 3.05) is 20.3 Å². The first-order valence-corrected chi connectivity index (χ1v) is 5.76. The molecule has 0 radical (unpaired) electrons. The lowest BCUT2D eigenvalue weighted by Crippen LogP contribution is -2.46. The van der Waals surface area contributed by atoms with Crippen molar-refractivity contribution in [2.45, 2.75) is 24.8 Å². The molecule has 1 aliphatic heterocycles. The molecule has 0 aliphatic carbocycles. The molecule has 1 aromatic rings. The monoisotopic (exact) mass is 221 g/mol. The fraction of sp³-hybridized carbons (Fsp3) is 0.538. The van der Waals surface area contributed by atoms with Crippen LogP contribution in [-0.4, -0.2) is 30.9 Å². The maximum atomic E-state index is 9.24. The number of rotatable bonds is 4. The lowest BCUT2D eigenvalue weighted by molar-refractivity contribution is 0.120. The summed E-state index contributed by atoms with van der Waals surface area (Å²) in [6, 6.07) is 7.44. The Bertz CT molecular complexity index is 328. The minimum absolute atomic E-state index is 0.0890. The predicted molar refractivity (Wildman–Crippen MR) is 63.7 cm³/mol. The number of aromatic hydroxyl groups is 1. The molecule has 0 saturated carbocycles. The number of hydrogen-bond donors (Lipinski definition) is 2. The zero-order valence-corrected chi connectivity index (χ0v) is 9.70. The fourth-order valence-electron chi connectivity index (χ4n) is 2.47. The summed E-state index contributed by atoms with van der Waals surface area (Å²) in [6.45, 7) is 1.81. The van der Waals surface area contributed by atoms with Gasteiger partial charge in [0.1, 0.15) is 5.75 Å². The average molecular weight is 221 g/mol. The van der Waals surface area contributed by atoms with E-state index in [1.54, 1.807) is 19.2 Å². The molecule has 1 saturated heterocycles. The van der Waals surface area contributed by atoms with Crippen LogP contribution in [0.5, 0.6) is 5.75 Å². The van der Waals surface area contributed by atoms with Gasteiger partial charge in [-0.25, -0.2) is 0 Å². The van der Waals surface area contributed by atoms with Gasteiger partial charge in [-0.05, 0) is 43.5 Å². The number of benzene rings is 1. The summed E-state index contributed by atoms with van der Waals surface area (Å²) in [5, 5.41) is 12.8. The maximum absolute atomic E-state index is 9.24. The van der Waals surface area contributed by atoms with Gasteiger partial charge in [0.25, 0.3) is 0 Å². The maximum Gasteiger partial charge on any atom is 0.115 e. The van der Waals surface area contributed by atoms with Crippen LogP contribution in [0.4, 0.5) is 0 Å². The van der Waals surface area contributed by atoms with Crippen LogP contribution in [0.15, 0.2) is 24.3 Å². The number of ether oxygens (including phenoxy) is 1. The molecule has 0 bridgehead atoms. The van der Waals surface area contributed by atoms with Gasteiger partial charge in [-0.1, -0.05) is 12.1 Å². The molecule has 0 spiro atoms. The molecule has 0 amide bonds. The van der Waals surface area contributed by atoms with Gasteiger partial charge in [0, 0.05) is 12.6 Å². The van der Waals surface area contributed by atoms with Crippen molar-refractivity contribution in [2.24, 2.45) is 0 Å². The largest absolute Gasteiger partial charge is 0.508 e. The summed E-state index contributed by atoms with van der Waals surface area (Å²) in [6.07, 6.45) is 3.32. The van der Waals surface area contributed by atoms with Crippen molar-refractivity contribution in [1.29, 1.82) is 0 Å². The molecule has 3 nitrogen and oxygen atoms in total. The van der Waals surface area contributed by atoms with Gasteiger partial charge < -0.3 is 15.2 Å². The third-order valence-corrected chi connectivity index (χ3v) is 3.23. The SMILES string of the molecule is COCC1(Cc2ccc(O)cc2)CCCN1. The summed E-state index contributed by atoms with van der Waals surface area (Å²) in [5.74, 6) is 0.323. The van der Waals surface area contributed by atoms with Crippen molar-refractivity contribution in [3.63, 3.8) is 0 Å². The van der Waals surface area contributed by atoms with Crippen LogP contribution in [0, 0.1) is 0 Å². The van der Waals surface area contributed by atoms with Gasteiger partial charge in [0.15, 0.2) is 0 Å². The molecule has 2 rings (SSSR count). The molecular weight excluding hydrogens is 202 g/mol. The highest BCUT2D eigenvalue weighted by atomic mass is 16.5. The molecular formula is C13H19NO2. The quantitative estimate of drug-likeness (QED) is 0.813. The number of nitrogens with one attached hydrogen (secondary N) is 1. The molecule has 0 aromatic heterocycles. The highest BCUT2D eigenvalue weighted by Crippen LogP contribution is 2.25. The van der Waals surface area contributed by atoms with Crippen molar-refractivity contribution in [3.8, 4) is 5.75 Å². The standard InChI is InChI=1S/C13H19NO2/c1-16-10-13(7-2-8-14-13)9-11-3-5-12(15)6-4-11/h3-6,14-15H,2,7-10H2,1H3. The van der Waals surface area contributed by atoms with Gasteiger partial charge in [-0.3, -0.25) is 0 Å². The van der Waals surface area contributed by atoms with Gasteiger partial charge in [-0.15, -0.1) is 0 Å². The van der Waals surface area contributed by atoms with E-state index < -0.39 is 0 Å². The van der Waals surface area contributed by atoms with Crippen molar-refractivity contribution < 1.29 is 9.84 Å². The number of methoxy groups -OCH3 is 1. The van der Waals surface area contributed by atoms with Crippen LogP contribution < -0.4 is 5.32 Å². The van der Waals surface area contributed by atoms with Gasteiger partial charge in [0.2, 0.25) is 0 Å². The van der Waals surface area contributed by atoms with Crippen molar-refractivity contribution >= 4 is 0 Å². The number of hydrogen-bond acceptors (Lipinski definition) is 3. The molecule has 1 fully saturated rings. The summed E-state index contributed by atoms with van der Waals surface area (Å²) in [5.41, 5.74) is 1.33. The third kappa shape index (κ3) is 2.54. The highest BCUT2D eigenvalue weighted by molar-refractivity contribution is 5.27. The smallest absolute Gasteiger partial charge is 0.115 e. The van der Waals surface area contributed by atoms with E-state index in [4.69, 9.17) is 4.74 Å². The molecule has 1 heterocycles. The Morgan fingerprint density at radius 3 is 2.69 bits per heavy atom. The molecule has 1 aromatic carbocycles.